The van der Waals surface area contributed by atoms with E-state index in [0.717, 1.165) is 12.1 Å². The molecule has 0 heterocycles. The predicted molar refractivity (Wildman–Crippen MR) is 61.4 cm³/mol. The number of anilines is 1. The third-order valence-electron chi connectivity index (χ3n) is 1.63. The molecule has 2 atom stereocenters. The van der Waals surface area contributed by atoms with Gasteiger partial charge in [-0.05, 0) is 24.3 Å². The summed E-state index contributed by atoms with van der Waals surface area (Å²) in [5.74, 6) is 0. The lowest BCUT2D eigenvalue weighted by Crippen LogP contribution is -2.33. The second kappa shape index (κ2) is 5.20. The third kappa shape index (κ3) is 3.08. The highest BCUT2D eigenvalue weighted by molar-refractivity contribution is 8.10. The molecule has 2 unspecified atom stereocenters. The number of sulfonamides is 1. The Hall–Kier alpha value is -0.850. The number of nitrogen functional groups attached to an aromatic ring is 1. The Morgan fingerprint density at radius 1 is 1.06 bits per heavy atom. The molecule has 0 bridgehead atoms. The van der Waals surface area contributed by atoms with Crippen molar-refractivity contribution in [3.05, 3.63) is 24.3 Å². The number of rotatable bonds is 4. The molecular weight excluding hydrogens is 292 g/mol. The van der Waals surface area contributed by atoms with Crippen molar-refractivity contribution < 1.29 is 25.9 Å². The lowest BCUT2D eigenvalue weighted by Gasteiger charge is -2.12. The molecule has 0 radical (unpaired) electrons. The van der Waals surface area contributed by atoms with Crippen LogP contribution in [0.2, 0.25) is 0 Å². The summed E-state index contributed by atoms with van der Waals surface area (Å²) < 4.78 is 61.7. The zero-order chi connectivity index (χ0) is 13.2. The molecule has 0 fully saturated rings. The third-order valence-corrected chi connectivity index (χ3v) is 6.11. The smallest absolute Gasteiger partial charge is 0.269 e. The van der Waals surface area contributed by atoms with Crippen LogP contribution in [0.4, 0.5) is 5.69 Å². The standard InChI is InChI=1S/C6H8N2O6S3/c7-5-1-3-6(4-2-5)17(13,14)8(15(9)10)16(11)12/h1-4H,7H2,(H,9,10)(H,11,12). The Morgan fingerprint density at radius 3 is 1.82 bits per heavy atom. The fourth-order valence-electron chi connectivity index (χ4n) is 0.948. The van der Waals surface area contributed by atoms with Crippen LogP contribution in [0.1, 0.15) is 0 Å². The predicted octanol–water partition coefficient (Wildman–Crippen LogP) is -0.467. The van der Waals surface area contributed by atoms with E-state index in [9.17, 15) is 16.8 Å². The van der Waals surface area contributed by atoms with E-state index in [0.29, 0.717) is 0 Å². The van der Waals surface area contributed by atoms with Gasteiger partial charge in [0, 0.05) is 8.80 Å². The van der Waals surface area contributed by atoms with Crippen molar-refractivity contribution in [2.75, 3.05) is 5.73 Å². The van der Waals surface area contributed by atoms with Crippen molar-refractivity contribution in [1.82, 2.24) is 3.12 Å². The second-order valence-corrected chi connectivity index (χ2v) is 6.86. The van der Waals surface area contributed by atoms with Gasteiger partial charge in [-0.15, -0.1) is 0 Å². The first-order chi connectivity index (χ1) is 7.76. The average Bonchev–Trinajstić information content (AvgIpc) is 2.16. The monoisotopic (exact) mass is 300 g/mol. The first kappa shape index (κ1) is 14.2. The molecule has 0 aliphatic rings. The zero-order valence-corrected chi connectivity index (χ0v) is 10.5. The molecule has 0 aliphatic heterocycles. The summed E-state index contributed by atoms with van der Waals surface area (Å²) in [6, 6.07) is 4.59. The fraction of sp³-hybridized carbons (Fsp3) is 0. The van der Waals surface area contributed by atoms with Crippen molar-refractivity contribution >= 4 is 38.2 Å². The van der Waals surface area contributed by atoms with Crippen LogP contribution in [0.3, 0.4) is 0 Å². The molecule has 0 aliphatic carbocycles. The van der Waals surface area contributed by atoms with Crippen LogP contribution >= 0.6 is 0 Å². The van der Waals surface area contributed by atoms with E-state index in [4.69, 9.17) is 14.8 Å². The van der Waals surface area contributed by atoms with Gasteiger partial charge in [-0.3, -0.25) is 9.11 Å². The SMILES string of the molecule is Nc1ccc(S(=O)(=O)N(S(=O)O)S(=O)O)cc1. The highest BCUT2D eigenvalue weighted by Crippen LogP contribution is 2.19. The minimum atomic E-state index is -4.54. The van der Waals surface area contributed by atoms with Gasteiger partial charge < -0.3 is 5.73 Å². The summed E-state index contributed by atoms with van der Waals surface area (Å²) in [6.45, 7) is 0. The van der Waals surface area contributed by atoms with E-state index in [1.54, 1.807) is 0 Å². The van der Waals surface area contributed by atoms with E-state index in [2.05, 4.69) is 0 Å². The van der Waals surface area contributed by atoms with E-state index in [1.165, 1.54) is 12.1 Å². The summed E-state index contributed by atoms with van der Waals surface area (Å²) in [6.07, 6.45) is 0. The Balaban J connectivity index is 3.31. The van der Waals surface area contributed by atoms with Crippen LogP contribution in [0.25, 0.3) is 0 Å². The maximum atomic E-state index is 11.7. The minimum Gasteiger partial charge on any atom is -0.399 e. The van der Waals surface area contributed by atoms with Crippen LogP contribution < -0.4 is 5.73 Å². The van der Waals surface area contributed by atoms with Crippen LogP contribution in [0, 0.1) is 0 Å². The number of nitrogens with two attached hydrogens (primary N) is 1. The molecule has 1 aromatic rings. The van der Waals surface area contributed by atoms with Crippen molar-refractivity contribution in [2.24, 2.45) is 0 Å². The largest absolute Gasteiger partial charge is 0.399 e. The highest BCUT2D eigenvalue weighted by atomic mass is 32.3. The first-order valence-corrected chi connectivity index (χ1v) is 7.46. The molecule has 96 valence electrons. The lowest BCUT2D eigenvalue weighted by atomic mass is 10.3. The summed E-state index contributed by atoms with van der Waals surface area (Å²) in [4.78, 5) is -0.420. The van der Waals surface area contributed by atoms with Gasteiger partial charge in [0.05, 0.1) is 4.90 Å². The van der Waals surface area contributed by atoms with Gasteiger partial charge in [-0.25, -0.2) is 16.8 Å². The van der Waals surface area contributed by atoms with Gasteiger partial charge in [-0.1, -0.05) is 0 Å². The molecule has 0 saturated heterocycles. The summed E-state index contributed by atoms with van der Waals surface area (Å²) in [5.41, 5.74) is 5.62. The Labute approximate surface area is 102 Å². The highest BCUT2D eigenvalue weighted by Gasteiger charge is 2.34. The average molecular weight is 300 g/mol. The molecule has 0 amide bonds. The Bertz CT molecular complexity index is 540. The van der Waals surface area contributed by atoms with Crippen LogP contribution in [-0.2, 0) is 32.6 Å². The lowest BCUT2D eigenvalue weighted by molar-refractivity contribution is 0.500. The zero-order valence-electron chi connectivity index (χ0n) is 8.09. The van der Waals surface area contributed by atoms with E-state index >= 15 is 0 Å². The quantitative estimate of drug-likeness (QED) is 0.505. The van der Waals surface area contributed by atoms with E-state index < -0.39 is 40.6 Å². The van der Waals surface area contributed by atoms with Crippen LogP contribution in [0.15, 0.2) is 29.2 Å². The molecule has 0 spiro atoms. The normalized spacial score (nSPS) is 15.7. The molecule has 8 nitrogen and oxygen atoms in total. The Morgan fingerprint density at radius 2 is 1.47 bits per heavy atom. The van der Waals surface area contributed by atoms with Gasteiger partial charge in [0.25, 0.3) is 32.6 Å². The molecule has 0 aromatic heterocycles. The van der Waals surface area contributed by atoms with Gasteiger partial charge in [0.1, 0.15) is 0 Å². The molecule has 0 saturated carbocycles. The molecule has 11 heteroatoms. The van der Waals surface area contributed by atoms with Crippen molar-refractivity contribution in [2.45, 2.75) is 4.90 Å². The minimum absolute atomic E-state index is 0.283. The topological polar surface area (TPSA) is 138 Å². The number of nitrogens with zero attached hydrogens (tertiary/aromatic N) is 1. The summed E-state index contributed by atoms with van der Waals surface area (Å²) in [5, 5.41) is 0. The van der Waals surface area contributed by atoms with Gasteiger partial charge in [0.15, 0.2) is 0 Å². The molecule has 1 aromatic carbocycles. The van der Waals surface area contributed by atoms with Crippen LogP contribution in [0.5, 0.6) is 0 Å². The molecule has 17 heavy (non-hydrogen) atoms. The van der Waals surface area contributed by atoms with Crippen molar-refractivity contribution in [3.63, 3.8) is 0 Å². The number of hydrogen-bond donors (Lipinski definition) is 3. The van der Waals surface area contributed by atoms with Gasteiger partial charge >= 0.3 is 0 Å². The van der Waals surface area contributed by atoms with Crippen molar-refractivity contribution in [3.8, 4) is 0 Å². The molecular formula is C6H8N2O6S3. The number of hydrogen-bond acceptors (Lipinski definition) is 5. The van der Waals surface area contributed by atoms with E-state index in [1.807, 2.05) is 0 Å². The fourth-order valence-corrected chi connectivity index (χ4v) is 3.90. The number of benzene rings is 1. The first-order valence-electron chi connectivity index (χ1n) is 3.89. The summed E-state index contributed by atoms with van der Waals surface area (Å²) in [7, 11) is -4.54. The van der Waals surface area contributed by atoms with Crippen molar-refractivity contribution in [1.29, 1.82) is 0 Å². The maximum Gasteiger partial charge on any atom is 0.269 e. The van der Waals surface area contributed by atoms with Crippen LogP contribution in [-0.4, -0.2) is 29.1 Å². The Kier molecular flexibility index (Phi) is 4.35. The van der Waals surface area contributed by atoms with Gasteiger partial charge in [0.2, 0.25) is 0 Å². The van der Waals surface area contributed by atoms with Gasteiger partial charge in [-0.2, -0.15) is 0 Å². The summed E-state index contributed by atoms with van der Waals surface area (Å²) >= 11 is -6.29. The van der Waals surface area contributed by atoms with E-state index in [-0.39, 0.29) is 5.69 Å². The molecule has 4 N–H and O–H groups in total. The second-order valence-electron chi connectivity index (χ2n) is 2.73. The maximum absolute atomic E-state index is 11.7. The molecule has 1 rings (SSSR count).